The first kappa shape index (κ1) is 18.4. The zero-order valence-electron chi connectivity index (χ0n) is 14.4. The van der Waals surface area contributed by atoms with Gasteiger partial charge < -0.3 is 15.5 Å². The van der Waals surface area contributed by atoms with Crippen molar-refractivity contribution in [1.82, 2.24) is 10.2 Å². The monoisotopic (exact) mass is 321 g/mol. The average molecular weight is 321 g/mol. The minimum absolute atomic E-state index is 0.0469. The Morgan fingerprint density at radius 3 is 2.23 bits per heavy atom. The van der Waals surface area contributed by atoms with Gasteiger partial charge in [0, 0.05) is 18.3 Å². The molecule has 0 bridgehead atoms. The minimum atomic E-state index is -0.236. The Balaban J connectivity index is 2.55. The van der Waals surface area contributed by atoms with Crippen molar-refractivity contribution in [3.8, 4) is 0 Å². The van der Waals surface area contributed by atoms with E-state index in [-0.39, 0.29) is 18.0 Å². The predicted molar refractivity (Wildman–Crippen MR) is 97.3 cm³/mol. The summed E-state index contributed by atoms with van der Waals surface area (Å²) >= 11 is 5.34. The summed E-state index contributed by atoms with van der Waals surface area (Å²) < 4.78 is 0. The SMILES string of the molecule is CC(C)c1ccc(NC(=S)N(C)CC(=O)NC(C)(C)C)cc1. The lowest BCUT2D eigenvalue weighted by Crippen LogP contribution is -2.47. The largest absolute Gasteiger partial charge is 0.350 e. The highest BCUT2D eigenvalue weighted by molar-refractivity contribution is 7.80. The predicted octanol–water partition coefficient (Wildman–Crippen LogP) is 3.35. The standard InChI is InChI=1S/C17H27N3OS/c1-12(2)13-7-9-14(10-8-13)18-16(22)20(6)11-15(21)19-17(3,4)5/h7-10,12H,11H2,1-6H3,(H,18,22)(H,19,21). The number of likely N-dealkylation sites (N-methyl/N-ethyl adjacent to an activating group) is 1. The van der Waals surface area contributed by atoms with Gasteiger partial charge in [0.2, 0.25) is 5.91 Å². The molecule has 0 aromatic heterocycles. The molecule has 122 valence electrons. The summed E-state index contributed by atoms with van der Waals surface area (Å²) in [5, 5.41) is 6.60. The Kier molecular flexibility index (Phi) is 6.35. The summed E-state index contributed by atoms with van der Waals surface area (Å²) in [6.45, 7) is 10.4. The van der Waals surface area contributed by atoms with E-state index in [0.717, 1.165) is 5.69 Å². The van der Waals surface area contributed by atoms with E-state index in [4.69, 9.17) is 12.2 Å². The molecule has 0 fully saturated rings. The van der Waals surface area contributed by atoms with Crippen LogP contribution in [0, 0.1) is 0 Å². The van der Waals surface area contributed by atoms with Crippen molar-refractivity contribution < 1.29 is 4.79 Å². The van der Waals surface area contributed by atoms with Gasteiger partial charge in [0.25, 0.3) is 0 Å². The summed E-state index contributed by atoms with van der Waals surface area (Å²) in [4.78, 5) is 13.6. The molecule has 1 aromatic carbocycles. The molecular formula is C17H27N3OS. The van der Waals surface area contributed by atoms with E-state index in [2.05, 4.69) is 36.6 Å². The first-order valence-corrected chi connectivity index (χ1v) is 7.92. The molecule has 22 heavy (non-hydrogen) atoms. The summed E-state index contributed by atoms with van der Waals surface area (Å²) in [5.74, 6) is 0.457. The Bertz CT molecular complexity index is 518. The third-order valence-corrected chi connectivity index (χ3v) is 3.48. The van der Waals surface area contributed by atoms with E-state index in [9.17, 15) is 4.79 Å². The summed E-state index contributed by atoms with van der Waals surface area (Å²) in [6.07, 6.45) is 0. The molecule has 2 N–H and O–H groups in total. The van der Waals surface area contributed by atoms with Gasteiger partial charge in [-0.3, -0.25) is 4.79 Å². The topological polar surface area (TPSA) is 44.4 Å². The number of nitrogens with one attached hydrogen (secondary N) is 2. The maximum atomic E-state index is 11.9. The van der Waals surface area contributed by atoms with Gasteiger partial charge in [-0.1, -0.05) is 26.0 Å². The lowest BCUT2D eigenvalue weighted by molar-refractivity contribution is -0.122. The highest BCUT2D eigenvalue weighted by atomic mass is 32.1. The second-order valence-corrected chi connectivity index (χ2v) is 7.25. The number of nitrogens with zero attached hydrogens (tertiary/aromatic N) is 1. The molecule has 1 rings (SSSR count). The third kappa shape index (κ3) is 6.43. The van der Waals surface area contributed by atoms with E-state index in [1.165, 1.54) is 5.56 Å². The van der Waals surface area contributed by atoms with E-state index in [1.54, 1.807) is 11.9 Å². The van der Waals surface area contributed by atoms with Gasteiger partial charge in [-0.25, -0.2) is 0 Å². The first-order valence-electron chi connectivity index (χ1n) is 7.51. The van der Waals surface area contributed by atoms with Crippen LogP contribution in [0.1, 0.15) is 46.1 Å². The van der Waals surface area contributed by atoms with Crippen LogP contribution in [0.2, 0.25) is 0 Å². The van der Waals surface area contributed by atoms with Gasteiger partial charge in [-0.2, -0.15) is 0 Å². The Hall–Kier alpha value is -1.62. The number of hydrogen-bond donors (Lipinski definition) is 2. The Labute approximate surface area is 139 Å². The highest BCUT2D eigenvalue weighted by Gasteiger charge is 2.16. The van der Waals surface area contributed by atoms with Crippen molar-refractivity contribution in [1.29, 1.82) is 0 Å². The zero-order chi connectivity index (χ0) is 16.9. The van der Waals surface area contributed by atoms with Crippen LogP contribution in [0.15, 0.2) is 24.3 Å². The number of amides is 1. The van der Waals surface area contributed by atoms with Gasteiger partial charge >= 0.3 is 0 Å². The fourth-order valence-corrected chi connectivity index (χ4v) is 2.10. The highest BCUT2D eigenvalue weighted by Crippen LogP contribution is 2.17. The molecule has 0 radical (unpaired) electrons. The van der Waals surface area contributed by atoms with Gasteiger partial charge in [0.1, 0.15) is 0 Å². The first-order chi connectivity index (χ1) is 10.1. The number of rotatable bonds is 4. The number of hydrogen-bond acceptors (Lipinski definition) is 2. The third-order valence-electron chi connectivity index (χ3n) is 3.07. The van der Waals surface area contributed by atoms with Crippen molar-refractivity contribution in [3.05, 3.63) is 29.8 Å². The molecule has 0 heterocycles. The van der Waals surface area contributed by atoms with Crippen molar-refractivity contribution in [2.45, 2.75) is 46.1 Å². The van der Waals surface area contributed by atoms with Crippen LogP contribution in [0.4, 0.5) is 5.69 Å². The summed E-state index contributed by atoms with van der Waals surface area (Å²) in [7, 11) is 1.81. The molecule has 1 amide bonds. The molecule has 0 atom stereocenters. The number of benzene rings is 1. The van der Waals surface area contributed by atoms with Crippen molar-refractivity contribution in [2.24, 2.45) is 0 Å². The lowest BCUT2D eigenvalue weighted by Gasteiger charge is -2.25. The number of thiocarbonyl (C=S) groups is 1. The molecule has 1 aromatic rings. The number of anilines is 1. The zero-order valence-corrected chi connectivity index (χ0v) is 15.2. The molecule has 0 aliphatic heterocycles. The number of carbonyl (C=O) groups is 1. The molecular weight excluding hydrogens is 294 g/mol. The van der Waals surface area contributed by atoms with Crippen LogP contribution in [0.3, 0.4) is 0 Å². The van der Waals surface area contributed by atoms with Crippen molar-refractivity contribution in [3.63, 3.8) is 0 Å². The smallest absolute Gasteiger partial charge is 0.239 e. The fourth-order valence-electron chi connectivity index (χ4n) is 1.92. The quantitative estimate of drug-likeness (QED) is 0.835. The second-order valence-electron chi connectivity index (χ2n) is 6.86. The molecule has 0 spiro atoms. The van der Waals surface area contributed by atoms with Crippen LogP contribution in [-0.2, 0) is 4.79 Å². The lowest BCUT2D eigenvalue weighted by atomic mass is 10.0. The minimum Gasteiger partial charge on any atom is -0.350 e. The van der Waals surface area contributed by atoms with E-state index >= 15 is 0 Å². The Morgan fingerprint density at radius 1 is 1.23 bits per heavy atom. The maximum absolute atomic E-state index is 11.9. The van der Waals surface area contributed by atoms with Crippen LogP contribution in [0.5, 0.6) is 0 Å². The normalized spacial score (nSPS) is 11.2. The number of carbonyl (C=O) groups excluding carboxylic acids is 1. The summed E-state index contributed by atoms with van der Waals surface area (Å²) in [6, 6.07) is 8.18. The molecule has 0 aliphatic carbocycles. The Morgan fingerprint density at radius 2 is 1.77 bits per heavy atom. The summed E-state index contributed by atoms with van der Waals surface area (Å²) in [5.41, 5.74) is 1.98. The fraction of sp³-hybridized carbons (Fsp3) is 0.529. The van der Waals surface area contributed by atoms with E-state index in [1.807, 2.05) is 32.9 Å². The van der Waals surface area contributed by atoms with Gasteiger partial charge in [-0.15, -0.1) is 0 Å². The molecule has 0 aliphatic rings. The second kappa shape index (κ2) is 7.58. The average Bonchev–Trinajstić information content (AvgIpc) is 2.36. The molecule has 5 heteroatoms. The van der Waals surface area contributed by atoms with Crippen LogP contribution >= 0.6 is 12.2 Å². The van der Waals surface area contributed by atoms with Gasteiger partial charge in [-0.05, 0) is 56.6 Å². The van der Waals surface area contributed by atoms with Crippen molar-refractivity contribution in [2.75, 3.05) is 18.9 Å². The maximum Gasteiger partial charge on any atom is 0.239 e. The molecule has 0 saturated carbocycles. The van der Waals surface area contributed by atoms with E-state index in [0.29, 0.717) is 11.0 Å². The van der Waals surface area contributed by atoms with Crippen LogP contribution in [-0.4, -0.2) is 35.1 Å². The van der Waals surface area contributed by atoms with E-state index < -0.39 is 0 Å². The molecule has 0 unspecified atom stereocenters. The molecule has 0 saturated heterocycles. The van der Waals surface area contributed by atoms with Gasteiger partial charge in [0.05, 0.1) is 6.54 Å². The van der Waals surface area contributed by atoms with Crippen LogP contribution < -0.4 is 10.6 Å². The van der Waals surface area contributed by atoms with Crippen molar-refractivity contribution >= 4 is 28.9 Å². The van der Waals surface area contributed by atoms with Gasteiger partial charge in [0.15, 0.2) is 5.11 Å². The van der Waals surface area contributed by atoms with Crippen LogP contribution in [0.25, 0.3) is 0 Å². The molecule has 4 nitrogen and oxygen atoms in total.